The summed E-state index contributed by atoms with van der Waals surface area (Å²) < 4.78 is 24.0. The Labute approximate surface area is 157 Å². The molecular formula is C21H22FNO4. The third-order valence-corrected chi connectivity index (χ3v) is 4.80. The highest BCUT2D eigenvalue weighted by atomic mass is 19.1. The summed E-state index contributed by atoms with van der Waals surface area (Å²) >= 11 is 0. The number of carbonyl (C=O) groups excluding carboxylic acids is 2. The van der Waals surface area contributed by atoms with E-state index in [9.17, 15) is 14.0 Å². The van der Waals surface area contributed by atoms with E-state index >= 15 is 0 Å². The second-order valence-electron chi connectivity index (χ2n) is 6.73. The first-order chi connectivity index (χ1) is 12.9. The van der Waals surface area contributed by atoms with Crippen LogP contribution in [0.4, 0.5) is 4.39 Å². The Morgan fingerprint density at radius 3 is 2.59 bits per heavy atom. The number of fused-ring (bicyclic) bond motifs is 1. The van der Waals surface area contributed by atoms with Gasteiger partial charge in [0, 0.05) is 18.0 Å². The minimum Gasteiger partial charge on any atom is -0.489 e. The van der Waals surface area contributed by atoms with Crippen LogP contribution in [0.5, 0.6) is 5.75 Å². The predicted molar refractivity (Wildman–Crippen MR) is 98.1 cm³/mol. The van der Waals surface area contributed by atoms with Gasteiger partial charge in [-0.05, 0) is 37.6 Å². The molecule has 0 saturated carbocycles. The molecule has 2 aromatic carbocycles. The summed E-state index contributed by atoms with van der Waals surface area (Å²) in [6.07, 6.45) is -0.990. The zero-order valence-electron chi connectivity index (χ0n) is 15.5. The van der Waals surface area contributed by atoms with Crippen molar-refractivity contribution in [2.45, 2.75) is 45.4 Å². The van der Waals surface area contributed by atoms with Gasteiger partial charge in [0.25, 0.3) is 5.91 Å². The van der Waals surface area contributed by atoms with E-state index in [-0.39, 0.29) is 24.4 Å². The number of hydrogen-bond donors (Lipinski definition) is 1. The number of nitrogens with one attached hydrogen (secondary N) is 1. The second-order valence-corrected chi connectivity index (χ2v) is 6.73. The van der Waals surface area contributed by atoms with E-state index in [1.54, 1.807) is 24.3 Å². The van der Waals surface area contributed by atoms with Crippen molar-refractivity contribution < 1.29 is 23.5 Å². The maximum Gasteiger partial charge on any atom is 0.342 e. The Morgan fingerprint density at radius 2 is 1.89 bits per heavy atom. The molecule has 5 nitrogen and oxygen atoms in total. The maximum atomic E-state index is 12.9. The van der Waals surface area contributed by atoms with Gasteiger partial charge in [0.2, 0.25) is 0 Å². The largest absolute Gasteiger partial charge is 0.489 e. The quantitative estimate of drug-likeness (QED) is 0.816. The third-order valence-electron chi connectivity index (χ3n) is 4.80. The minimum absolute atomic E-state index is 0.0228. The van der Waals surface area contributed by atoms with Gasteiger partial charge in [-0.3, -0.25) is 4.79 Å². The Bertz CT molecular complexity index is 850. The third kappa shape index (κ3) is 4.10. The van der Waals surface area contributed by atoms with E-state index in [2.05, 4.69) is 5.32 Å². The van der Waals surface area contributed by atoms with Crippen LogP contribution in [-0.2, 0) is 16.1 Å². The van der Waals surface area contributed by atoms with E-state index in [0.29, 0.717) is 11.3 Å². The van der Waals surface area contributed by atoms with Gasteiger partial charge in [0.05, 0.1) is 0 Å². The average Bonchev–Trinajstić information content (AvgIpc) is 2.95. The van der Waals surface area contributed by atoms with Crippen LogP contribution < -0.4 is 10.1 Å². The van der Waals surface area contributed by atoms with Crippen LogP contribution in [0, 0.1) is 5.82 Å². The second kappa shape index (κ2) is 7.78. The highest BCUT2D eigenvalue weighted by molar-refractivity contribution is 5.95. The first-order valence-corrected chi connectivity index (χ1v) is 8.89. The van der Waals surface area contributed by atoms with E-state index in [0.717, 1.165) is 11.1 Å². The summed E-state index contributed by atoms with van der Waals surface area (Å²) in [6, 6.07) is 11.2. The molecule has 1 heterocycles. The highest BCUT2D eigenvalue weighted by Crippen LogP contribution is 2.40. The summed E-state index contributed by atoms with van der Waals surface area (Å²) in [5.74, 6) is -0.653. The van der Waals surface area contributed by atoms with Crippen molar-refractivity contribution in [3.8, 4) is 5.75 Å². The van der Waals surface area contributed by atoms with Gasteiger partial charge >= 0.3 is 5.97 Å². The van der Waals surface area contributed by atoms with E-state index in [1.807, 2.05) is 19.9 Å². The van der Waals surface area contributed by atoms with Crippen molar-refractivity contribution in [2.75, 3.05) is 0 Å². The van der Waals surface area contributed by atoms with Gasteiger partial charge < -0.3 is 14.8 Å². The van der Waals surface area contributed by atoms with Crippen molar-refractivity contribution in [3.05, 3.63) is 65.0 Å². The van der Waals surface area contributed by atoms with E-state index in [4.69, 9.17) is 9.47 Å². The molecule has 0 unspecified atom stereocenters. The molecule has 0 fully saturated rings. The van der Waals surface area contributed by atoms with E-state index in [1.165, 1.54) is 19.1 Å². The topological polar surface area (TPSA) is 64.6 Å². The van der Waals surface area contributed by atoms with Crippen LogP contribution in [0.1, 0.15) is 48.2 Å². The normalized spacial score (nSPS) is 19.0. The molecule has 2 aromatic rings. The van der Waals surface area contributed by atoms with Crippen LogP contribution >= 0.6 is 0 Å². The molecule has 27 heavy (non-hydrogen) atoms. The van der Waals surface area contributed by atoms with Gasteiger partial charge in [0.15, 0.2) is 6.10 Å². The van der Waals surface area contributed by atoms with Crippen LogP contribution in [0.25, 0.3) is 0 Å². The zero-order valence-corrected chi connectivity index (χ0v) is 15.5. The van der Waals surface area contributed by atoms with Crippen LogP contribution in [-0.4, -0.2) is 24.1 Å². The highest BCUT2D eigenvalue weighted by Gasteiger charge is 2.32. The number of para-hydroxylation sites is 1. The molecule has 1 aliphatic rings. The van der Waals surface area contributed by atoms with Crippen LogP contribution in [0.3, 0.4) is 0 Å². The van der Waals surface area contributed by atoms with Crippen molar-refractivity contribution in [1.29, 1.82) is 0 Å². The number of halogens is 1. The molecule has 1 N–H and O–H groups in total. The number of amides is 1. The smallest absolute Gasteiger partial charge is 0.342 e. The molecule has 3 rings (SSSR count). The van der Waals surface area contributed by atoms with Gasteiger partial charge in [-0.1, -0.05) is 31.2 Å². The number of hydrogen-bond acceptors (Lipinski definition) is 4. The molecule has 0 saturated heterocycles. The molecular weight excluding hydrogens is 349 g/mol. The lowest BCUT2D eigenvalue weighted by atomic mass is 9.97. The Hall–Kier alpha value is -2.89. The molecule has 0 bridgehead atoms. The number of benzene rings is 2. The van der Waals surface area contributed by atoms with Crippen LogP contribution in [0.2, 0.25) is 0 Å². The number of carbonyl (C=O) groups is 2. The minimum atomic E-state index is -0.968. The van der Waals surface area contributed by atoms with Gasteiger partial charge in [-0.25, -0.2) is 9.18 Å². The summed E-state index contributed by atoms with van der Waals surface area (Å²) in [7, 11) is 0. The Kier molecular flexibility index (Phi) is 5.44. The lowest BCUT2D eigenvalue weighted by Gasteiger charge is -2.15. The lowest BCUT2D eigenvalue weighted by Crippen LogP contribution is -2.35. The molecule has 6 heteroatoms. The monoisotopic (exact) mass is 371 g/mol. The fourth-order valence-corrected chi connectivity index (χ4v) is 2.96. The maximum absolute atomic E-state index is 12.9. The van der Waals surface area contributed by atoms with Gasteiger partial charge in [-0.15, -0.1) is 0 Å². The molecule has 0 aliphatic carbocycles. The van der Waals surface area contributed by atoms with Gasteiger partial charge in [-0.2, -0.15) is 0 Å². The standard InChI is InChI=1S/C21H22FNO4/c1-12-13(2)26-19-17(12)5-4-6-18(19)21(25)27-14(3)20(24)23-11-15-7-9-16(22)10-8-15/h4-10,12-14H,11H2,1-3H3,(H,23,24)/t12-,13+,14+/m1/s1. The first kappa shape index (κ1) is 18.9. The molecule has 0 aromatic heterocycles. The fourth-order valence-electron chi connectivity index (χ4n) is 2.96. The summed E-state index contributed by atoms with van der Waals surface area (Å²) in [6.45, 7) is 5.72. The van der Waals surface area contributed by atoms with Crippen molar-refractivity contribution in [2.24, 2.45) is 0 Å². The van der Waals surface area contributed by atoms with E-state index < -0.39 is 18.0 Å². The Balaban J connectivity index is 1.61. The molecule has 3 atom stereocenters. The van der Waals surface area contributed by atoms with Crippen molar-refractivity contribution >= 4 is 11.9 Å². The molecule has 1 amide bonds. The fraction of sp³-hybridized carbons (Fsp3) is 0.333. The summed E-state index contributed by atoms with van der Waals surface area (Å²) in [5.41, 5.74) is 2.03. The average molecular weight is 371 g/mol. The lowest BCUT2D eigenvalue weighted by molar-refractivity contribution is -0.129. The zero-order chi connectivity index (χ0) is 19.6. The molecule has 0 spiro atoms. The number of rotatable bonds is 5. The van der Waals surface area contributed by atoms with Crippen LogP contribution in [0.15, 0.2) is 42.5 Å². The molecule has 142 valence electrons. The number of ether oxygens (including phenoxy) is 2. The Morgan fingerprint density at radius 1 is 1.19 bits per heavy atom. The number of esters is 1. The first-order valence-electron chi connectivity index (χ1n) is 8.89. The molecule has 0 radical (unpaired) electrons. The van der Waals surface area contributed by atoms with Crippen molar-refractivity contribution in [3.63, 3.8) is 0 Å². The molecule has 1 aliphatic heterocycles. The van der Waals surface area contributed by atoms with Crippen molar-refractivity contribution in [1.82, 2.24) is 5.32 Å². The SMILES string of the molecule is C[C@H](OC(=O)c1cccc2c1O[C@@H](C)[C@H]2C)C(=O)NCc1ccc(F)cc1. The predicted octanol–water partition coefficient (Wildman–Crippen LogP) is 3.57. The summed E-state index contributed by atoms with van der Waals surface area (Å²) in [5, 5.41) is 2.67. The van der Waals surface area contributed by atoms with Gasteiger partial charge in [0.1, 0.15) is 23.2 Å². The summed E-state index contributed by atoms with van der Waals surface area (Å²) in [4.78, 5) is 24.7.